The van der Waals surface area contributed by atoms with Crippen LogP contribution in [0.5, 0.6) is 17.2 Å². The molecule has 0 saturated carbocycles. The van der Waals surface area contributed by atoms with Crippen LogP contribution in [0.1, 0.15) is 29.3 Å². The van der Waals surface area contributed by atoms with Gasteiger partial charge in [0.1, 0.15) is 13.2 Å². The van der Waals surface area contributed by atoms with Gasteiger partial charge in [0, 0.05) is 11.6 Å². The minimum Gasteiger partial charge on any atom is -0.493 e. The lowest BCUT2D eigenvalue weighted by Gasteiger charge is -2.21. The second-order valence-corrected chi connectivity index (χ2v) is 6.10. The fourth-order valence-electron chi connectivity index (χ4n) is 2.81. The molecule has 1 aliphatic rings. The van der Waals surface area contributed by atoms with Gasteiger partial charge in [-0.05, 0) is 37.5 Å². The third-order valence-electron chi connectivity index (χ3n) is 4.18. The monoisotopic (exact) mass is 341 g/mol. The number of methoxy groups -OCH3 is 1. The molecule has 2 aromatic carbocycles. The Morgan fingerprint density at radius 2 is 1.96 bits per heavy atom. The van der Waals surface area contributed by atoms with Gasteiger partial charge in [0.2, 0.25) is 5.75 Å². The van der Waals surface area contributed by atoms with E-state index in [1.165, 1.54) is 5.56 Å². The van der Waals surface area contributed by atoms with Gasteiger partial charge in [-0.2, -0.15) is 0 Å². The number of nitrogens with one attached hydrogen (secondary N) is 1. The van der Waals surface area contributed by atoms with Crippen molar-refractivity contribution in [2.75, 3.05) is 20.3 Å². The van der Waals surface area contributed by atoms with Crippen LogP contribution in [0.2, 0.25) is 0 Å². The number of carbonyl (C=O) groups is 1. The van der Waals surface area contributed by atoms with Crippen LogP contribution in [0.4, 0.5) is 0 Å². The van der Waals surface area contributed by atoms with Gasteiger partial charge in [-0.3, -0.25) is 4.79 Å². The van der Waals surface area contributed by atoms with Crippen LogP contribution >= 0.6 is 0 Å². The maximum Gasteiger partial charge on any atom is 0.251 e. The summed E-state index contributed by atoms with van der Waals surface area (Å²) >= 11 is 0. The summed E-state index contributed by atoms with van der Waals surface area (Å²) in [4.78, 5) is 12.6. The fourth-order valence-corrected chi connectivity index (χ4v) is 2.81. The van der Waals surface area contributed by atoms with E-state index in [4.69, 9.17) is 14.2 Å². The Bertz CT molecular complexity index is 713. The first-order valence-electron chi connectivity index (χ1n) is 8.50. The second-order valence-electron chi connectivity index (χ2n) is 6.10. The Morgan fingerprint density at radius 3 is 2.72 bits per heavy atom. The number of fused-ring (bicyclic) bond motifs is 1. The molecular weight excluding hydrogens is 318 g/mol. The van der Waals surface area contributed by atoms with Crippen LogP contribution in [-0.4, -0.2) is 32.3 Å². The van der Waals surface area contributed by atoms with Crippen molar-refractivity contribution >= 4 is 5.91 Å². The SMILES string of the molecule is COc1cc(C(=O)NC(C)CCc2ccccc2)cc2c1OCCO2. The first kappa shape index (κ1) is 17.1. The molecule has 0 aliphatic carbocycles. The van der Waals surface area contributed by atoms with E-state index in [1.807, 2.05) is 25.1 Å². The molecule has 0 saturated heterocycles. The molecule has 0 spiro atoms. The Balaban J connectivity index is 1.64. The van der Waals surface area contributed by atoms with Gasteiger partial charge in [0.05, 0.1) is 7.11 Å². The highest BCUT2D eigenvalue weighted by Gasteiger charge is 2.21. The summed E-state index contributed by atoms with van der Waals surface area (Å²) < 4.78 is 16.5. The summed E-state index contributed by atoms with van der Waals surface area (Å²) in [6.45, 7) is 2.95. The summed E-state index contributed by atoms with van der Waals surface area (Å²) in [5, 5.41) is 3.03. The smallest absolute Gasteiger partial charge is 0.251 e. The number of carbonyl (C=O) groups excluding carboxylic acids is 1. The van der Waals surface area contributed by atoms with E-state index in [2.05, 4.69) is 17.4 Å². The van der Waals surface area contributed by atoms with Gasteiger partial charge in [-0.15, -0.1) is 0 Å². The molecule has 0 fully saturated rings. The van der Waals surface area contributed by atoms with Crippen molar-refractivity contribution in [1.82, 2.24) is 5.32 Å². The Kier molecular flexibility index (Phi) is 5.43. The molecule has 1 unspecified atom stereocenters. The lowest BCUT2D eigenvalue weighted by atomic mass is 10.1. The molecule has 132 valence electrons. The average molecular weight is 341 g/mol. The van der Waals surface area contributed by atoms with Gasteiger partial charge < -0.3 is 19.5 Å². The summed E-state index contributed by atoms with van der Waals surface area (Å²) in [7, 11) is 1.55. The molecule has 1 amide bonds. The molecule has 5 nitrogen and oxygen atoms in total. The standard InChI is InChI=1S/C20H23NO4/c1-14(8-9-15-6-4-3-5-7-15)21-20(22)16-12-17(23-2)19-18(13-16)24-10-11-25-19/h3-7,12-14H,8-11H2,1-2H3,(H,21,22). The molecule has 0 aromatic heterocycles. The van der Waals surface area contributed by atoms with E-state index in [0.717, 1.165) is 12.8 Å². The van der Waals surface area contributed by atoms with Gasteiger partial charge in [-0.1, -0.05) is 30.3 Å². The quantitative estimate of drug-likeness (QED) is 0.876. The number of benzene rings is 2. The number of rotatable bonds is 6. The van der Waals surface area contributed by atoms with Gasteiger partial charge >= 0.3 is 0 Å². The minimum absolute atomic E-state index is 0.0619. The number of hydrogen-bond donors (Lipinski definition) is 1. The highest BCUT2D eigenvalue weighted by atomic mass is 16.6. The van der Waals surface area contributed by atoms with E-state index in [9.17, 15) is 4.79 Å². The van der Waals surface area contributed by atoms with Crippen LogP contribution in [-0.2, 0) is 6.42 Å². The molecule has 25 heavy (non-hydrogen) atoms. The molecule has 1 N–H and O–H groups in total. The van der Waals surface area contributed by atoms with Crippen molar-refractivity contribution in [1.29, 1.82) is 0 Å². The van der Waals surface area contributed by atoms with Crippen molar-refractivity contribution < 1.29 is 19.0 Å². The second kappa shape index (κ2) is 7.92. The highest BCUT2D eigenvalue weighted by molar-refractivity contribution is 5.95. The van der Waals surface area contributed by atoms with Crippen LogP contribution in [0.3, 0.4) is 0 Å². The molecule has 0 bridgehead atoms. The van der Waals surface area contributed by atoms with Crippen LogP contribution < -0.4 is 19.5 Å². The Morgan fingerprint density at radius 1 is 1.20 bits per heavy atom. The van der Waals surface area contributed by atoms with Gasteiger partial charge in [0.15, 0.2) is 11.5 Å². The van der Waals surface area contributed by atoms with E-state index < -0.39 is 0 Å². The molecule has 5 heteroatoms. The lowest BCUT2D eigenvalue weighted by Crippen LogP contribution is -2.33. The first-order valence-corrected chi connectivity index (χ1v) is 8.50. The van der Waals surface area contributed by atoms with E-state index in [1.54, 1.807) is 19.2 Å². The van der Waals surface area contributed by atoms with Crippen molar-refractivity contribution in [3.8, 4) is 17.2 Å². The maximum atomic E-state index is 12.6. The lowest BCUT2D eigenvalue weighted by molar-refractivity contribution is 0.0936. The van der Waals surface area contributed by atoms with Crippen molar-refractivity contribution in [3.05, 3.63) is 53.6 Å². The molecule has 2 aromatic rings. The van der Waals surface area contributed by atoms with Crippen LogP contribution in [0, 0.1) is 0 Å². The third-order valence-corrected chi connectivity index (χ3v) is 4.18. The first-order chi connectivity index (χ1) is 12.2. The van der Waals surface area contributed by atoms with Crippen molar-refractivity contribution in [2.45, 2.75) is 25.8 Å². The normalized spacial score (nSPS) is 13.8. The minimum atomic E-state index is -0.143. The summed E-state index contributed by atoms with van der Waals surface area (Å²) in [6.07, 6.45) is 1.80. The summed E-state index contributed by atoms with van der Waals surface area (Å²) in [6, 6.07) is 13.7. The zero-order chi connectivity index (χ0) is 17.6. The largest absolute Gasteiger partial charge is 0.493 e. The summed E-state index contributed by atoms with van der Waals surface area (Å²) in [5.41, 5.74) is 1.78. The average Bonchev–Trinajstić information content (AvgIpc) is 2.66. The van der Waals surface area contributed by atoms with E-state index in [0.29, 0.717) is 36.0 Å². The Labute approximate surface area is 147 Å². The predicted molar refractivity (Wildman–Crippen MR) is 95.7 cm³/mol. The Hall–Kier alpha value is -2.69. The fraction of sp³-hybridized carbons (Fsp3) is 0.350. The zero-order valence-electron chi connectivity index (χ0n) is 14.6. The van der Waals surface area contributed by atoms with E-state index in [-0.39, 0.29) is 11.9 Å². The van der Waals surface area contributed by atoms with Gasteiger partial charge in [0.25, 0.3) is 5.91 Å². The van der Waals surface area contributed by atoms with E-state index >= 15 is 0 Å². The molecule has 1 aliphatic heterocycles. The van der Waals surface area contributed by atoms with Crippen LogP contribution in [0.15, 0.2) is 42.5 Å². The number of ether oxygens (including phenoxy) is 3. The molecule has 3 rings (SSSR count). The highest BCUT2D eigenvalue weighted by Crippen LogP contribution is 2.40. The maximum absolute atomic E-state index is 12.6. The predicted octanol–water partition coefficient (Wildman–Crippen LogP) is 3.22. The molecular formula is C20H23NO4. The van der Waals surface area contributed by atoms with Crippen molar-refractivity contribution in [3.63, 3.8) is 0 Å². The zero-order valence-corrected chi connectivity index (χ0v) is 14.6. The number of hydrogen-bond acceptors (Lipinski definition) is 4. The van der Waals surface area contributed by atoms with Crippen LogP contribution in [0.25, 0.3) is 0 Å². The molecule has 1 atom stereocenters. The topological polar surface area (TPSA) is 56.8 Å². The number of amides is 1. The molecule has 1 heterocycles. The summed E-state index contributed by atoms with van der Waals surface area (Å²) in [5.74, 6) is 1.48. The number of aryl methyl sites for hydroxylation is 1. The van der Waals surface area contributed by atoms with Crippen molar-refractivity contribution in [2.24, 2.45) is 0 Å². The molecule has 0 radical (unpaired) electrons. The van der Waals surface area contributed by atoms with Gasteiger partial charge in [-0.25, -0.2) is 0 Å². The third kappa shape index (κ3) is 4.24.